The van der Waals surface area contributed by atoms with Crippen LogP contribution < -0.4 is 4.90 Å². The van der Waals surface area contributed by atoms with E-state index in [1.54, 1.807) is 6.92 Å². The van der Waals surface area contributed by atoms with Crippen molar-refractivity contribution in [2.75, 3.05) is 18.0 Å². The molecule has 1 aromatic carbocycles. The molecule has 1 saturated heterocycles. The molecule has 0 bridgehead atoms. The maximum atomic E-state index is 11.7. The number of nitrogens with zero attached hydrogens (tertiary/aromatic N) is 2. The van der Waals surface area contributed by atoms with Crippen LogP contribution in [0.4, 0.5) is 5.69 Å². The summed E-state index contributed by atoms with van der Waals surface area (Å²) in [6.07, 6.45) is 0. The molecule has 3 nitrogen and oxygen atoms in total. The van der Waals surface area contributed by atoms with Crippen molar-refractivity contribution in [1.82, 2.24) is 4.90 Å². The highest BCUT2D eigenvalue weighted by Crippen LogP contribution is 2.26. The summed E-state index contributed by atoms with van der Waals surface area (Å²) in [5.41, 5.74) is 2.48. The van der Waals surface area contributed by atoms with Crippen LogP contribution in [0, 0.1) is 6.92 Å². The summed E-state index contributed by atoms with van der Waals surface area (Å²) in [7, 11) is 0. The summed E-state index contributed by atoms with van der Waals surface area (Å²) < 4.78 is 1.11. The second kappa shape index (κ2) is 5.53. The summed E-state index contributed by atoms with van der Waals surface area (Å²) >= 11 is 3.55. The minimum atomic E-state index is 0.171. The number of anilines is 1. The number of halogens is 1. The fourth-order valence-electron chi connectivity index (χ4n) is 3.05. The third-order valence-electron chi connectivity index (χ3n) is 3.67. The topological polar surface area (TPSA) is 23.6 Å². The van der Waals surface area contributed by atoms with Crippen molar-refractivity contribution >= 4 is 27.5 Å². The first kappa shape index (κ1) is 14.4. The molecule has 0 aliphatic carbocycles. The van der Waals surface area contributed by atoms with Crippen LogP contribution >= 0.6 is 15.9 Å². The van der Waals surface area contributed by atoms with Gasteiger partial charge in [-0.3, -0.25) is 4.79 Å². The number of benzene rings is 1. The number of carbonyl (C=O) groups is 1. The largest absolute Gasteiger partial charge is 0.367 e. The van der Waals surface area contributed by atoms with Crippen molar-refractivity contribution in [2.45, 2.75) is 39.8 Å². The maximum absolute atomic E-state index is 11.7. The van der Waals surface area contributed by atoms with Gasteiger partial charge in [-0.1, -0.05) is 15.9 Å². The zero-order valence-corrected chi connectivity index (χ0v) is 13.6. The first-order valence-corrected chi connectivity index (χ1v) is 7.49. The van der Waals surface area contributed by atoms with Crippen LogP contribution in [0.3, 0.4) is 0 Å². The van der Waals surface area contributed by atoms with Crippen LogP contribution in [0.15, 0.2) is 22.7 Å². The van der Waals surface area contributed by atoms with E-state index in [2.05, 4.69) is 59.8 Å². The molecule has 0 aromatic heterocycles. The lowest BCUT2D eigenvalue weighted by Gasteiger charge is -2.45. The summed E-state index contributed by atoms with van der Waals surface area (Å²) in [6.45, 7) is 9.78. The average molecular weight is 325 g/mol. The van der Waals surface area contributed by atoms with Crippen LogP contribution in [0.2, 0.25) is 0 Å². The van der Waals surface area contributed by atoms with E-state index < -0.39 is 0 Å². The highest BCUT2D eigenvalue weighted by molar-refractivity contribution is 9.10. The lowest BCUT2D eigenvalue weighted by atomic mass is 10.1. The number of carbonyl (C=O) groups excluding carboxylic acids is 1. The van der Waals surface area contributed by atoms with Crippen LogP contribution in [0.5, 0.6) is 0 Å². The van der Waals surface area contributed by atoms with Gasteiger partial charge in [0.25, 0.3) is 0 Å². The van der Waals surface area contributed by atoms with Gasteiger partial charge < -0.3 is 9.80 Å². The van der Waals surface area contributed by atoms with E-state index in [0.717, 1.165) is 17.6 Å². The van der Waals surface area contributed by atoms with E-state index >= 15 is 0 Å². The van der Waals surface area contributed by atoms with Gasteiger partial charge in [0.05, 0.1) is 0 Å². The van der Waals surface area contributed by atoms with Crippen molar-refractivity contribution in [3.63, 3.8) is 0 Å². The number of hydrogen-bond acceptors (Lipinski definition) is 2. The van der Waals surface area contributed by atoms with Gasteiger partial charge in [-0.2, -0.15) is 0 Å². The van der Waals surface area contributed by atoms with Crippen molar-refractivity contribution in [2.24, 2.45) is 0 Å². The quantitative estimate of drug-likeness (QED) is 0.792. The van der Waals surface area contributed by atoms with Gasteiger partial charge in [0, 0.05) is 42.3 Å². The lowest BCUT2D eigenvalue weighted by Crippen LogP contribution is -2.58. The molecule has 0 radical (unpaired) electrons. The molecule has 4 heteroatoms. The third kappa shape index (κ3) is 3.11. The number of aryl methyl sites for hydroxylation is 1. The average Bonchev–Trinajstić information content (AvgIpc) is 2.25. The van der Waals surface area contributed by atoms with Crippen LogP contribution in [-0.4, -0.2) is 36.0 Å². The molecule has 1 aromatic rings. The molecule has 2 atom stereocenters. The summed E-state index contributed by atoms with van der Waals surface area (Å²) in [5.74, 6) is 0.171. The lowest BCUT2D eigenvalue weighted by molar-refractivity contribution is -0.133. The Morgan fingerprint density at radius 1 is 1.21 bits per heavy atom. The van der Waals surface area contributed by atoms with Gasteiger partial charge in [0.15, 0.2) is 0 Å². The fourth-order valence-corrected chi connectivity index (χ4v) is 3.65. The molecular formula is C15H21BrN2O. The van der Waals surface area contributed by atoms with Crippen molar-refractivity contribution in [3.05, 3.63) is 28.2 Å². The maximum Gasteiger partial charge on any atom is 0.220 e. The van der Waals surface area contributed by atoms with Gasteiger partial charge in [0.2, 0.25) is 5.91 Å². The second-order valence-electron chi connectivity index (χ2n) is 5.52. The molecule has 19 heavy (non-hydrogen) atoms. The van der Waals surface area contributed by atoms with E-state index in [0.29, 0.717) is 0 Å². The smallest absolute Gasteiger partial charge is 0.220 e. The predicted molar refractivity (Wildman–Crippen MR) is 82.5 cm³/mol. The van der Waals surface area contributed by atoms with E-state index in [1.165, 1.54) is 11.3 Å². The molecule has 1 fully saturated rings. The van der Waals surface area contributed by atoms with Gasteiger partial charge in [-0.05, 0) is 44.5 Å². The molecule has 1 aliphatic rings. The highest BCUT2D eigenvalue weighted by Gasteiger charge is 2.31. The van der Waals surface area contributed by atoms with Crippen molar-refractivity contribution in [1.29, 1.82) is 0 Å². The van der Waals surface area contributed by atoms with Gasteiger partial charge in [-0.25, -0.2) is 0 Å². The third-order valence-corrected chi connectivity index (χ3v) is 4.13. The summed E-state index contributed by atoms with van der Waals surface area (Å²) in [5, 5.41) is 0. The molecule has 104 valence electrons. The molecule has 0 saturated carbocycles. The minimum absolute atomic E-state index is 0.171. The molecule has 2 rings (SSSR count). The standard InChI is InChI=1S/C15H21BrN2O/c1-10-5-14(16)7-15(6-10)17-8-11(2)18(13(4)19)12(3)9-17/h5-7,11-12H,8-9H2,1-4H3. The fraction of sp³-hybridized carbons (Fsp3) is 0.533. The Morgan fingerprint density at radius 3 is 2.26 bits per heavy atom. The minimum Gasteiger partial charge on any atom is -0.367 e. The van der Waals surface area contributed by atoms with Gasteiger partial charge >= 0.3 is 0 Å². The molecule has 2 unspecified atom stereocenters. The Kier molecular flexibility index (Phi) is 4.19. The zero-order chi connectivity index (χ0) is 14.2. The van der Waals surface area contributed by atoms with E-state index in [-0.39, 0.29) is 18.0 Å². The first-order chi connectivity index (χ1) is 8.88. The second-order valence-corrected chi connectivity index (χ2v) is 6.43. The van der Waals surface area contributed by atoms with Gasteiger partial charge in [-0.15, -0.1) is 0 Å². The Balaban J connectivity index is 2.22. The summed E-state index contributed by atoms with van der Waals surface area (Å²) in [4.78, 5) is 16.0. The van der Waals surface area contributed by atoms with Crippen molar-refractivity contribution in [3.8, 4) is 0 Å². The van der Waals surface area contributed by atoms with E-state index in [1.807, 2.05) is 4.90 Å². The number of amides is 1. The highest BCUT2D eigenvalue weighted by atomic mass is 79.9. The molecule has 1 aliphatic heterocycles. The Labute approximate surface area is 123 Å². The van der Waals surface area contributed by atoms with Crippen LogP contribution in [0.1, 0.15) is 26.3 Å². The van der Waals surface area contributed by atoms with E-state index in [4.69, 9.17) is 0 Å². The Hall–Kier alpha value is -1.03. The van der Waals surface area contributed by atoms with Crippen molar-refractivity contribution < 1.29 is 4.79 Å². The van der Waals surface area contributed by atoms with Gasteiger partial charge in [0.1, 0.15) is 0 Å². The Bertz CT molecular complexity index is 457. The predicted octanol–water partition coefficient (Wildman–Crippen LogP) is 3.20. The first-order valence-electron chi connectivity index (χ1n) is 6.69. The summed E-state index contributed by atoms with van der Waals surface area (Å²) in [6, 6.07) is 6.96. The SMILES string of the molecule is CC(=O)N1C(C)CN(c2cc(C)cc(Br)c2)CC1C. The number of rotatable bonds is 1. The molecule has 1 amide bonds. The molecule has 0 spiro atoms. The van der Waals surface area contributed by atoms with Crippen LogP contribution in [0.25, 0.3) is 0 Å². The van der Waals surface area contributed by atoms with E-state index in [9.17, 15) is 4.79 Å². The van der Waals surface area contributed by atoms with Crippen LogP contribution in [-0.2, 0) is 4.79 Å². The molecule has 1 heterocycles. The molecular weight excluding hydrogens is 304 g/mol. The number of hydrogen-bond donors (Lipinski definition) is 0. The number of piperazine rings is 1. The zero-order valence-electron chi connectivity index (χ0n) is 12.0. The molecule has 0 N–H and O–H groups in total. The monoisotopic (exact) mass is 324 g/mol. The normalized spacial score (nSPS) is 23.6. The Morgan fingerprint density at radius 2 is 1.79 bits per heavy atom.